The molecule has 0 aliphatic carbocycles. The van der Waals surface area contributed by atoms with Crippen LogP contribution in [0.1, 0.15) is 48.9 Å². The van der Waals surface area contributed by atoms with Gasteiger partial charge >= 0.3 is 0 Å². The topological polar surface area (TPSA) is 21.3 Å². The summed E-state index contributed by atoms with van der Waals surface area (Å²) in [5.74, 6) is 1.03. The molecule has 1 atom stereocenters. The molecule has 1 aliphatic rings. The Morgan fingerprint density at radius 1 is 1.24 bits per heavy atom. The van der Waals surface area contributed by atoms with E-state index >= 15 is 0 Å². The van der Waals surface area contributed by atoms with Crippen molar-refractivity contribution in [3.63, 3.8) is 0 Å². The highest BCUT2D eigenvalue weighted by Gasteiger charge is 2.17. The van der Waals surface area contributed by atoms with Gasteiger partial charge in [-0.05, 0) is 62.9 Å². The van der Waals surface area contributed by atoms with Crippen LogP contribution >= 0.6 is 0 Å². The molecule has 17 heavy (non-hydrogen) atoms. The van der Waals surface area contributed by atoms with Gasteiger partial charge in [-0.15, -0.1) is 0 Å². The van der Waals surface area contributed by atoms with Gasteiger partial charge in [0.1, 0.15) is 5.75 Å². The van der Waals surface area contributed by atoms with Gasteiger partial charge in [-0.3, -0.25) is 0 Å². The molecule has 2 rings (SSSR count). The van der Waals surface area contributed by atoms with E-state index in [1.54, 1.807) is 0 Å². The van der Waals surface area contributed by atoms with Crippen molar-refractivity contribution in [3.05, 3.63) is 28.8 Å². The summed E-state index contributed by atoms with van der Waals surface area (Å²) >= 11 is 0. The fourth-order valence-electron chi connectivity index (χ4n) is 2.62. The molecule has 94 valence electrons. The Morgan fingerprint density at radius 2 is 2.06 bits per heavy atom. The molecule has 1 aromatic carbocycles. The Kier molecular flexibility index (Phi) is 4.06. The summed E-state index contributed by atoms with van der Waals surface area (Å²) in [5.41, 5.74) is 4.05. The Bertz CT molecular complexity index is 381. The summed E-state index contributed by atoms with van der Waals surface area (Å²) in [6.07, 6.45) is 3.91. The van der Waals surface area contributed by atoms with Crippen LogP contribution in [0, 0.1) is 13.8 Å². The third-order valence-electron chi connectivity index (χ3n) is 3.55. The third-order valence-corrected chi connectivity index (χ3v) is 3.55. The van der Waals surface area contributed by atoms with Gasteiger partial charge in [-0.2, -0.15) is 0 Å². The lowest BCUT2D eigenvalue weighted by atomic mass is 9.92. The van der Waals surface area contributed by atoms with Crippen molar-refractivity contribution in [1.82, 2.24) is 5.32 Å². The molecule has 0 radical (unpaired) electrons. The van der Waals surface area contributed by atoms with Crippen LogP contribution in [0.3, 0.4) is 0 Å². The molecule has 1 saturated heterocycles. The molecular weight excluding hydrogens is 210 g/mol. The maximum absolute atomic E-state index is 5.64. The maximum atomic E-state index is 5.64. The van der Waals surface area contributed by atoms with Gasteiger partial charge in [0, 0.05) is 6.04 Å². The molecule has 1 aromatic rings. The van der Waals surface area contributed by atoms with Crippen molar-refractivity contribution >= 4 is 0 Å². The van der Waals surface area contributed by atoms with Gasteiger partial charge in [-0.1, -0.05) is 12.5 Å². The molecule has 2 heteroatoms. The van der Waals surface area contributed by atoms with Crippen LogP contribution < -0.4 is 10.1 Å². The Balaban J connectivity index is 2.25. The number of hydrogen-bond donors (Lipinski definition) is 1. The van der Waals surface area contributed by atoms with E-state index < -0.39 is 0 Å². The van der Waals surface area contributed by atoms with E-state index in [1.165, 1.54) is 36.0 Å². The van der Waals surface area contributed by atoms with Crippen LogP contribution in [-0.2, 0) is 0 Å². The molecule has 0 aromatic heterocycles. The average molecular weight is 233 g/mol. The molecule has 2 nitrogen and oxygen atoms in total. The molecule has 0 bridgehead atoms. The summed E-state index contributed by atoms with van der Waals surface area (Å²) in [5, 5.41) is 3.61. The van der Waals surface area contributed by atoms with E-state index in [0.717, 1.165) is 18.9 Å². The lowest BCUT2D eigenvalue weighted by Gasteiger charge is -2.26. The predicted octanol–water partition coefficient (Wildman–Crippen LogP) is 3.52. The first-order valence-corrected chi connectivity index (χ1v) is 6.69. The average Bonchev–Trinajstić information content (AvgIpc) is 2.35. The normalized spacial score (nSPS) is 20.3. The first-order valence-electron chi connectivity index (χ1n) is 6.69. The second-order valence-electron chi connectivity index (χ2n) is 4.91. The Hall–Kier alpha value is -1.02. The lowest BCUT2D eigenvalue weighted by molar-refractivity contribution is 0.337. The molecular formula is C15H23NO. The fourth-order valence-corrected chi connectivity index (χ4v) is 2.62. The maximum Gasteiger partial charge on any atom is 0.122 e. The monoisotopic (exact) mass is 233 g/mol. The molecule has 0 saturated carbocycles. The van der Waals surface area contributed by atoms with Crippen LogP contribution in [0.25, 0.3) is 0 Å². The van der Waals surface area contributed by atoms with Crippen molar-refractivity contribution in [1.29, 1.82) is 0 Å². The quantitative estimate of drug-likeness (QED) is 0.862. The van der Waals surface area contributed by atoms with E-state index in [2.05, 4.69) is 31.3 Å². The van der Waals surface area contributed by atoms with E-state index in [9.17, 15) is 0 Å². The van der Waals surface area contributed by atoms with Gasteiger partial charge in [-0.25, -0.2) is 0 Å². The highest BCUT2D eigenvalue weighted by atomic mass is 16.5. The van der Waals surface area contributed by atoms with Crippen LogP contribution in [0.4, 0.5) is 0 Å². The number of hydrogen-bond acceptors (Lipinski definition) is 2. The SMILES string of the molecule is CCOc1cc(C)c(C2CCCCN2)cc1C. The minimum atomic E-state index is 0.540. The van der Waals surface area contributed by atoms with Crippen molar-refractivity contribution in [2.24, 2.45) is 0 Å². The van der Waals surface area contributed by atoms with Gasteiger partial charge < -0.3 is 10.1 Å². The van der Waals surface area contributed by atoms with Crippen molar-refractivity contribution in [2.45, 2.75) is 46.1 Å². The van der Waals surface area contributed by atoms with E-state index in [-0.39, 0.29) is 0 Å². The number of ether oxygens (including phenoxy) is 1. The molecule has 1 aliphatic heterocycles. The number of piperidine rings is 1. The van der Waals surface area contributed by atoms with E-state index in [0.29, 0.717) is 6.04 Å². The molecule has 1 heterocycles. The molecule has 0 amide bonds. The number of rotatable bonds is 3. The van der Waals surface area contributed by atoms with Crippen LogP contribution in [0.5, 0.6) is 5.75 Å². The first kappa shape index (κ1) is 12.4. The minimum Gasteiger partial charge on any atom is -0.494 e. The third kappa shape index (κ3) is 2.81. The van der Waals surface area contributed by atoms with Gasteiger partial charge in [0.2, 0.25) is 0 Å². The van der Waals surface area contributed by atoms with Crippen LogP contribution in [0.15, 0.2) is 12.1 Å². The smallest absolute Gasteiger partial charge is 0.122 e. The molecule has 0 spiro atoms. The van der Waals surface area contributed by atoms with Crippen molar-refractivity contribution in [3.8, 4) is 5.75 Å². The van der Waals surface area contributed by atoms with Crippen molar-refractivity contribution < 1.29 is 4.74 Å². The number of benzene rings is 1. The summed E-state index contributed by atoms with van der Waals surface area (Å²) in [4.78, 5) is 0. The van der Waals surface area contributed by atoms with Gasteiger partial charge in [0.05, 0.1) is 6.61 Å². The zero-order chi connectivity index (χ0) is 12.3. The first-order chi connectivity index (χ1) is 8.22. The van der Waals surface area contributed by atoms with Crippen molar-refractivity contribution in [2.75, 3.05) is 13.2 Å². The lowest BCUT2D eigenvalue weighted by Crippen LogP contribution is -2.27. The molecule has 1 unspecified atom stereocenters. The largest absolute Gasteiger partial charge is 0.494 e. The predicted molar refractivity (Wildman–Crippen MR) is 71.7 cm³/mol. The standard InChI is InChI=1S/C15H23NO/c1-4-17-15-10-11(2)13(9-12(15)3)14-7-5-6-8-16-14/h9-10,14,16H,4-8H2,1-3H3. The number of aryl methyl sites for hydroxylation is 2. The number of nitrogens with one attached hydrogen (secondary N) is 1. The van der Waals surface area contributed by atoms with E-state index in [1.807, 2.05) is 6.92 Å². The minimum absolute atomic E-state index is 0.540. The molecule has 1 fully saturated rings. The Labute approximate surface area is 104 Å². The summed E-state index contributed by atoms with van der Waals surface area (Å²) in [6.45, 7) is 8.24. The summed E-state index contributed by atoms with van der Waals surface area (Å²) in [6, 6.07) is 5.02. The second-order valence-corrected chi connectivity index (χ2v) is 4.91. The second kappa shape index (κ2) is 5.54. The highest BCUT2D eigenvalue weighted by molar-refractivity contribution is 5.43. The highest BCUT2D eigenvalue weighted by Crippen LogP contribution is 2.30. The summed E-state index contributed by atoms with van der Waals surface area (Å²) < 4.78 is 5.64. The van der Waals surface area contributed by atoms with Gasteiger partial charge in [0.15, 0.2) is 0 Å². The van der Waals surface area contributed by atoms with Crippen LogP contribution in [-0.4, -0.2) is 13.2 Å². The van der Waals surface area contributed by atoms with Gasteiger partial charge in [0.25, 0.3) is 0 Å². The molecule has 1 N–H and O–H groups in total. The van der Waals surface area contributed by atoms with Crippen LogP contribution in [0.2, 0.25) is 0 Å². The van der Waals surface area contributed by atoms with E-state index in [4.69, 9.17) is 4.74 Å². The zero-order valence-electron chi connectivity index (χ0n) is 11.2. The Morgan fingerprint density at radius 3 is 2.71 bits per heavy atom. The fraction of sp³-hybridized carbons (Fsp3) is 0.600. The zero-order valence-corrected chi connectivity index (χ0v) is 11.2. The summed E-state index contributed by atoms with van der Waals surface area (Å²) in [7, 11) is 0.